The number of hydrogen-bond donors (Lipinski definition) is 4. The van der Waals surface area contributed by atoms with Crippen LogP contribution in [-0.4, -0.2) is 35.4 Å². The number of primary amides is 1. The number of aliphatic hydroxyl groups is 1. The Morgan fingerprint density at radius 2 is 2.00 bits per heavy atom. The number of carbonyl (C=O) groups excluding carboxylic acids is 1. The van der Waals surface area contributed by atoms with Gasteiger partial charge in [0.1, 0.15) is 0 Å². The molecule has 2 aromatic rings. The molecule has 0 aliphatic heterocycles. The van der Waals surface area contributed by atoms with Gasteiger partial charge in [-0.05, 0) is 43.0 Å². The molecule has 0 saturated heterocycles. The van der Waals surface area contributed by atoms with E-state index in [1.54, 1.807) is 24.1 Å². The zero-order chi connectivity index (χ0) is 18.9. The van der Waals surface area contributed by atoms with Crippen LogP contribution >= 0.6 is 0 Å². The number of aliphatic hydroxyl groups excluding tert-OH is 1. The molecule has 0 bridgehead atoms. The monoisotopic (exact) mass is 379 g/mol. The number of aryl methyl sites for hydroxylation is 1. The number of rotatable bonds is 6. The van der Waals surface area contributed by atoms with E-state index < -0.39 is 28.2 Å². The number of carbonyl (C=O) groups is 1. The second-order valence-corrected chi connectivity index (χ2v) is 8.16. The van der Waals surface area contributed by atoms with Crippen LogP contribution in [0.15, 0.2) is 41.6 Å². The summed E-state index contributed by atoms with van der Waals surface area (Å²) >= 11 is 0. The van der Waals surface area contributed by atoms with Gasteiger partial charge in [0.2, 0.25) is 10.0 Å². The maximum Gasteiger partial charge on any atom is 0.316 e. The highest BCUT2D eigenvalue weighted by molar-refractivity contribution is 7.89. The van der Waals surface area contributed by atoms with Crippen molar-refractivity contribution in [3.8, 4) is 0 Å². The molecule has 26 heavy (non-hydrogen) atoms. The highest BCUT2D eigenvalue weighted by Gasteiger charge is 2.37. The Hall–Kier alpha value is -2.43. The molecule has 1 aliphatic rings. The number of sulfonamides is 1. The van der Waals surface area contributed by atoms with Crippen molar-refractivity contribution >= 4 is 21.7 Å². The van der Waals surface area contributed by atoms with E-state index in [0.717, 1.165) is 5.56 Å². The van der Waals surface area contributed by atoms with Crippen LogP contribution in [-0.2, 0) is 17.1 Å². The predicted molar refractivity (Wildman–Crippen MR) is 94.6 cm³/mol. The molecule has 1 saturated carbocycles. The maximum atomic E-state index is 12.8. The minimum atomic E-state index is -3.79. The Kier molecular flexibility index (Phi) is 4.99. The fourth-order valence-corrected chi connectivity index (χ4v) is 4.33. The van der Waals surface area contributed by atoms with Gasteiger partial charge in [0, 0.05) is 24.5 Å². The average Bonchev–Trinajstić information content (AvgIpc) is 2.96. The SMILES string of the molecule is Cn1cc([C@@H](NS(=O)(=O)c2ccc(NC(N)=O)cc2)C2CC(O)C2)cn1. The third-order valence-corrected chi connectivity index (χ3v) is 5.88. The van der Waals surface area contributed by atoms with E-state index in [4.69, 9.17) is 5.73 Å². The number of nitrogens with two attached hydrogens (primary N) is 1. The highest BCUT2D eigenvalue weighted by atomic mass is 32.2. The molecule has 1 fully saturated rings. The molecule has 1 atom stereocenters. The van der Waals surface area contributed by atoms with Crippen molar-refractivity contribution in [3.63, 3.8) is 0 Å². The summed E-state index contributed by atoms with van der Waals surface area (Å²) in [7, 11) is -2.04. The number of urea groups is 1. The first-order valence-corrected chi connectivity index (χ1v) is 9.58. The van der Waals surface area contributed by atoms with Crippen LogP contribution in [0.3, 0.4) is 0 Å². The van der Waals surface area contributed by atoms with E-state index in [1.807, 2.05) is 0 Å². The number of hydrogen-bond acceptors (Lipinski definition) is 5. The maximum absolute atomic E-state index is 12.8. The first-order valence-electron chi connectivity index (χ1n) is 8.10. The van der Waals surface area contributed by atoms with Gasteiger partial charge in [-0.25, -0.2) is 17.9 Å². The van der Waals surface area contributed by atoms with Gasteiger partial charge in [-0.2, -0.15) is 5.10 Å². The van der Waals surface area contributed by atoms with Crippen molar-refractivity contribution in [2.24, 2.45) is 18.7 Å². The number of nitrogens with zero attached hydrogens (tertiary/aromatic N) is 2. The highest BCUT2D eigenvalue weighted by Crippen LogP contribution is 2.38. The van der Waals surface area contributed by atoms with E-state index in [-0.39, 0.29) is 10.8 Å². The van der Waals surface area contributed by atoms with Crippen LogP contribution in [0.1, 0.15) is 24.4 Å². The minimum absolute atomic E-state index is 0.000207. The zero-order valence-corrected chi connectivity index (χ0v) is 15.0. The Morgan fingerprint density at radius 3 is 2.50 bits per heavy atom. The van der Waals surface area contributed by atoms with Gasteiger partial charge < -0.3 is 16.2 Å². The number of aromatic nitrogens is 2. The number of benzene rings is 1. The van der Waals surface area contributed by atoms with Crippen molar-refractivity contribution in [1.82, 2.24) is 14.5 Å². The molecule has 3 rings (SSSR count). The summed E-state index contributed by atoms with van der Waals surface area (Å²) < 4.78 is 29.9. The third kappa shape index (κ3) is 4.03. The topological polar surface area (TPSA) is 139 Å². The number of anilines is 1. The summed E-state index contributed by atoms with van der Waals surface area (Å²) in [4.78, 5) is 10.9. The van der Waals surface area contributed by atoms with E-state index >= 15 is 0 Å². The molecule has 1 aliphatic carbocycles. The smallest absolute Gasteiger partial charge is 0.316 e. The van der Waals surface area contributed by atoms with Gasteiger partial charge in [0.15, 0.2) is 0 Å². The molecule has 5 N–H and O–H groups in total. The molecular formula is C16H21N5O4S. The van der Waals surface area contributed by atoms with E-state index in [2.05, 4.69) is 15.1 Å². The Morgan fingerprint density at radius 1 is 1.35 bits per heavy atom. The quantitative estimate of drug-likeness (QED) is 0.585. The van der Waals surface area contributed by atoms with Crippen molar-refractivity contribution in [1.29, 1.82) is 0 Å². The molecule has 1 heterocycles. The fraction of sp³-hybridized carbons (Fsp3) is 0.375. The second kappa shape index (κ2) is 7.06. The zero-order valence-electron chi connectivity index (χ0n) is 14.2. The Balaban J connectivity index is 1.81. The van der Waals surface area contributed by atoms with Crippen molar-refractivity contribution in [3.05, 3.63) is 42.2 Å². The molecule has 1 aromatic heterocycles. The molecular weight excluding hydrogens is 358 g/mol. The standard InChI is InChI=1S/C16H21N5O4S/c1-21-9-11(8-18-21)15(10-6-13(22)7-10)20-26(24,25)14-4-2-12(3-5-14)19-16(17)23/h2-5,8-10,13,15,20,22H,6-7H2,1H3,(H3,17,19,23)/t10?,13?,15-/m0/s1. The normalized spacial score (nSPS) is 21.0. The largest absolute Gasteiger partial charge is 0.393 e. The summed E-state index contributed by atoms with van der Waals surface area (Å²) in [6, 6.07) is 4.52. The van der Waals surface area contributed by atoms with Gasteiger partial charge in [-0.3, -0.25) is 4.68 Å². The van der Waals surface area contributed by atoms with E-state index in [0.29, 0.717) is 18.5 Å². The lowest BCUT2D eigenvalue weighted by atomic mass is 9.76. The van der Waals surface area contributed by atoms with Crippen molar-refractivity contribution in [2.45, 2.75) is 29.9 Å². The lowest BCUT2D eigenvalue weighted by molar-refractivity contribution is 0.0280. The summed E-state index contributed by atoms with van der Waals surface area (Å²) in [6.45, 7) is 0. The molecule has 0 radical (unpaired) electrons. The van der Waals surface area contributed by atoms with Crippen LogP contribution in [0.5, 0.6) is 0 Å². The lowest BCUT2D eigenvalue weighted by Crippen LogP contribution is -2.41. The minimum Gasteiger partial charge on any atom is -0.393 e. The van der Waals surface area contributed by atoms with Crippen LogP contribution in [0.25, 0.3) is 0 Å². The third-order valence-electron chi connectivity index (χ3n) is 4.42. The van der Waals surface area contributed by atoms with Gasteiger partial charge in [-0.15, -0.1) is 0 Å². The van der Waals surface area contributed by atoms with Crippen LogP contribution < -0.4 is 15.8 Å². The van der Waals surface area contributed by atoms with E-state index in [1.165, 1.54) is 24.3 Å². The molecule has 140 valence electrons. The van der Waals surface area contributed by atoms with Crippen LogP contribution in [0.4, 0.5) is 10.5 Å². The molecule has 1 aromatic carbocycles. The van der Waals surface area contributed by atoms with Gasteiger partial charge in [0.25, 0.3) is 0 Å². The first kappa shape index (κ1) is 18.4. The molecule has 0 spiro atoms. The van der Waals surface area contributed by atoms with Crippen LogP contribution in [0, 0.1) is 5.92 Å². The second-order valence-electron chi connectivity index (χ2n) is 6.45. The lowest BCUT2D eigenvalue weighted by Gasteiger charge is -2.37. The summed E-state index contributed by atoms with van der Waals surface area (Å²) in [5.41, 5.74) is 6.19. The first-order chi connectivity index (χ1) is 12.2. The summed E-state index contributed by atoms with van der Waals surface area (Å²) in [6.07, 6.45) is 4.05. The molecule has 9 nitrogen and oxygen atoms in total. The van der Waals surface area contributed by atoms with E-state index in [9.17, 15) is 18.3 Å². The number of nitrogens with one attached hydrogen (secondary N) is 2. The van der Waals surface area contributed by atoms with Crippen molar-refractivity contribution < 1.29 is 18.3 Å². The van der Waals surface area contributed by atoms with Crippen molar-refractivity contribution in [2.75, 3.05) is 5.32 Å². The predicted octanol–water partition coefficient (Wildman–Crippen LogP) is 0.701. The molecule has 10 heteroatoms. The van der Waals surface area contributed by atoms with Crippen LogP contribution in [0.2, 0.25) is 0 Å². The average molecular weight is 379 g/mol. The fourth-order valence-electron chi connectivity index (χ4n) is 3.03. The Bertz CT molecular complexity index is 888. The van der Waals surface area contributed by atoms with Gasteiger partial charge in [-0.1, -0.05) is 0 Å². The molecule has 2 amide bonds. The molecule has 0 unspecified atom stereocenters. The summed E-state index contributed by atoms with van der Waals surface area (Å²) in [5, 5.41) is 16.1. The van der Waals surface area contributed by atoms with Gasteiger partial charge >= 0.3 is 6.03 Å². The Labute approximate surface area is 151 Å². The number of amides is 2. The summed E-state index contributed by atoms with van der Waals surface area (Å²) in [5.74, 6) is -0.000207. The van der Waals surface area contributed by atoms with Gasteiger partial charge in [0.05, 0.1) is 23.2 Å².